The third kappa shape index (κ3) is 1.28. The van der Waals surface area contributed by atoms with Crippen LogP contribution >= 0.6 is 0 Å². The highest BCUT2D eigenvalue weighted by molar-refractivity contribution is 5.41. The maximum atomic E-state index is 5.71. The molecule has 0 amide bonds. The quantitative estimate of drug-likeness (QED) is 0.683. The normalized spacial score (nSPS) is 16.4. The first-order chi connectivity index (χ1) is 5.81. The van der Waals surface area contributed by atoms with Gasteiger partial charge in [-0.3, -0.25) is 0 Å². The summed E-state index contributed by atoms with van der Waals surface area (Å²) in [4.78, 5) is 4.30. The van der Waals surface area contributed by atoms with Crippen LogP contribution in [0.4, 0.5) is 5.82 Å². The molecule has 1 aromatic heterocycles. The summed E-state index contributed by atoms with van der Waals surface area (Å²) in [5.74, 6) is 1.26. The number of rotatable bonds is 2. The van der Waals surface area contributed by atoms with Gasteiger partial charge in [0.15, 0.2) is 0 Å². The topological polar surface area (TPSA) is 64.9 Å². The van der Waals surface area contributed by atoms with Crippen LogP contribution in [-0.2, 0) is 6.54 Å². The summed E-state index contributed by atoms with van der Waals surface area (Å²) in [5, 5.41) is 0. The standard InChI is InChI=1S/C9H13N3/c10-5-7-3-4-8(6-1-2-6)12-9(7)11/h3-4,6H,1-2,5,10H2,(H2,11,12). The summed E-state index contributed by atoms with van der Waals surface area (Å²) in [6.45, 7) is 0.476. The van der Waals surface area contributed by atoms with Crippen molar-refractivity contribution in [1.29, 1.82) is 0 Å². The molecule has 1 aromatic rings. The van der Waals surface area contributed by atoms with Gasteiger partial charge < -0.3 is 11.5 Å². The average molecular weight is 163 g/mol. The molecule has 3 heteroatoms. The zero-order valence-electron chi connectivity index (χ0n) is 6.96. The molecule has 0 unspecified atom stereocenters. The molecule has 0 atom stereocenters. The molecule has 0 bridgehead atoms. The van der Waals surface area contributed by atoms with E-state index in [4.69, 9.17) is 11.5 Å². The highest BCUT2D eigenvalue weighted by atomic mass is 14.9. The van der Waals surface area contributed by atoms with Crippen LogP contribution in [0.3, 0.4) is 0 Å². The Morgan fingerprint density at radius 2 is 2.17 bits per heavy atom. The molecule has 0 radical (unpaired) electrons. The van der Waals surface area contributed by atoms with Crippen molar-refractivity contribution in [2.24, 2.45) is 5.73 Å². The molecule has 0 spiro atoms. The van der Waals surface area contributed by atoms with Crippen molar-refractivity contribution in [3.63, 3.8) is 0 Å². The smallest absolute Gasteiger partial charge is 0.128 e. The summed E-state index contributed by atoms with van der Waals surface area (Å²) in [6, 6.07) is 4.02. The van der Waals surface area contributed by atoms with Crippen LogP contribution in [0.15, 0.2) is 12.1 Å². The molecule has 2 rings (SSSR count). The predicted molar refractivity (Wildman–Crippen MR) is 48.5 cm³/mol. The SMILES string of the molecule is NCc1ccc(C2CC2)nc1N. The van der Waals surface area contributed by atoms with Gasteiger partial charge in [0, 0.05) is 23.7 Å². The number of aromatic nitrogens is 1. The predicted octanol–water partition coefficient (Wildman–Crippen LogP) is 1.000. The third-order valence-electron chi connectivity index (χ3n) is 2.25. The van der Waals surface area contributed by atoms with Gasteiger partial charge in [0.1, 0.15) is 5.82 Å². The summed E-state index contributed by atoms with van der Waals surface area (Å²) in [7, 11) is 0. The minimum Gasteiger partial charge on any atom is -0.383 e. The molecule has 1 aliphatic rings. The Morgan fingerprint density at radius 3 is 2.67 bits per heavy atom. The Labute approximate surface area is 71.8 Å². The van der Waals surface area contributed by atoms with Crippen molar-refractivity contribution in [3.05, 3.63) is 23.4 Å². The van der Waals surface area contributed by atoms with E-state index in [9.17, 15) is 0 Å². The highest BCUT2D eigenvalue weighted by Gasteiger charge is 2.25. The van der Waals surface area contributed by atoms with Crippen molar-refractivity contribution in [3.8, 4) is 0 Å². The monoisotopic (exact) mass is 163 g/mol. The largest absolute Gasteiger partial charge is 0.383 e. The van der Waals surface area contributed by atoms with Gasteiger partial charge in [-0.1, -0.05) is 6.07 Å². The molecule has 0 aliphatic heterocycles. The summed E-state index contributed by atoms with van der Waals surface area (Å²) in [6.07, 6.45) is 2.52. The maximum Gasteiger partial charge on any atom is 0.128 e. The Bertz CT molecular complexity index is 292. The van der Waals surface area contributed by atoms with Crippen LogP contribution in [0.2, 0.25) is 0 Å². The third-order valence-corrected chi connectivity index (χ3v) is 2.25. The maximum absolute atomic E-state index is 5.71. The number of anilines is 1. The molecule has 0 saturated heterocycles. The van der Waals surface area contributed by atoms with Crippen LogP contribution < -0.4 is 11.5 Å². The molecular weight excluding hydrogens is 150 g/mol. The highest BCUT2D eigenvalue weighted by Crippen LogP contribution is 2.39. The number of nitrogens with zero attached hydrogens (tertiary/aromatic N) is 1. The molecule has 4 N–H and O–H groups in total. The molecule has 3 nitrogen and oxygen atoms in total. The van der Waals surface area contributed by atoms with E-state index in [0.717, 1.165) is 11.3 Å². The fraction of sp³-hybridized carbons (Fsp3) is 0.444. The number of hydrogen-bond donors (Lipinski definition) is 2. The number of hydrogen-bond acceptors (Lipinski definition) is 3. The Balaban J connectivity index is 2.30. The minimum absolute atomic E-state index is 0.476. The van der Waals surface area contributed by atoms with E-state index in [-0.39, 0.29) is 0 Å². The lowest BCUT2D eigenvalue weighted by molar-refractivity contribution is 0.990. The van der Waals surface area contributed by atoms with E-state index in [1.54, 1.807) is 0 Å². The van der Waals surface area contributed by atoms with Gasteiger partial charge in [-0.2, -0.15) is 0 Å². The van der Waals surface area contributed by atoms with Gasteiger partial charge >= 0.3 is 0 Å². The molecule has 0 aromatic carbocycles. The lowest BCUT2D eigenvalue weighted by Crippen LogP contribution is -2.04. The van der Waals surface area contributed by atoms with E-state index >= 15 is 0 Å². The van der Waals surface area contributed by atoms with Gasteiger partial charge in [0.2, 0.25) is 0 Å². The molecule has 64 valence electrons. The van der Waals surface area contributed by atoms with E-state index in [1.807, 2.05) is 12.1 Å². The lowest BCUT2D eigenvalue weighted by Gasteiger charge is -2.03. The van der Waals surface area contributed by atoms with Gasteiger partial charge in [-0.15, -0.1) is 0 Å². The second kappa shape index (κ2) is 2.75. The fourth-order valence-corrected chi connectivity index (χ4v) is 1.30. The first-order valence-corrected chi connectivity index (χ1v) is 4.26. The molecule has 1 aliphatic carbocycles. The van der Waals surface area contributed by atoms with Crippen LogP contribution in [0.1, 0.15) is 30.0 Å². The molecule has 1 saturated carbocycles. The molecule has 1 fully saturated rings. The number of nitrogen functional groups attached to an aromatic ring is 1. The summed E-state index contributed by atoms with van der Waals surface area (Å²) < 4.78 is 0. The summed E-state index contributed by atoms with van der Waals surface area (Å²) in [5.41, 5.74) is 13.3. The fourth-order valence-electron chi connectivity index (χ4n) is 1.30. The Kier molecular flexibility index (Phi) is 1.73. The van der Waals surface area contributed by atoms with Gasteiger partial charge in [0.05, 0.1) is 0 Å². The second-order valence-electron chi connectivity index (χ2n) is 3.26. The van der Waals surface area contributed by atoms with Gasteiger partial charge in [0.25, 0.3) is 0 Å². The first-order valence-electron chi connectivity index (χ1n) is 4.26. The van der Waals surface area contributed by atoms with Crippen LogP contribution in [0.25, 0.3) is 0 Å². The number of pyridine rings is 1. The van der Waals surface area contributed by atoms with Gasteiger partial charge in [-0.05, 0) is 18.9 Å². The van der Waals surface area contributed by atoms with E-state index in [2.05, 4.69) is 4.98 Å². The minimum atomic E-state index is 0.476. The van der Waals surface area contributed by atoms with Crippen molar-refractivity contribution >= 4 is 5.82 Å². The average Bonchev–Trinajstić information content (AvgIpc) is 2.86. The molecular formula is C9H13N3. The number of nitrogens with two attached hydrogens (primary N) is 2. The zero-order valence-corrected chi connectivity index (χ0v) is 6.96. The second-order valence-corrected chi connectivity index (χ2v) is 3.26. The van der Waals surface area contributed by atoms with Crippen molar-refractivity contribution in [1.82, 2.24) is 4.98 Å². The molecule has 1 heterocycles. The van der Waals surface area contributed by atoms with Crippen molar-refractivity contribution in [2.45, 2.75) is 25.3 Å². The van der Waals surface area contributed by atoms with Crippen LogP contribution in [0, 0.1) is 0 Å². The Morgan fingerprint density at radius 1 is 1.42 bits per heavy atom. The zero-order chi connectivity index (χ0) is 8.55. The first kappa shape index (κ1) is 7.55. The van der Waals surface area contributed by atoms with E-state index in [1.165, 1.54) is 12.8 Å². The van der Waals surface area contributed by atoms with Crippen LogP contribution in [0.5, 0.6) is 0 Å². The van der Waals surface area contributed by atoms with Crippen LogP contribution in [-0.4, -0.2) is 4.98 Å². The van der Waals surface area contributed by atoms with E-state index < -0.39 is 0 Å². The van der Waals surface area contributed by atoms with Crippen molar-refractivity contribution < 1.29 is 0 Å². The van der Waals surface area contributed by atoms with E-state index in [0.29, 0.717) is 18.3 Å². The molecule has 12 heavy (non-hydrogen) atoms. The Hall–Kier alpha value is -1.09. The van der Waals surface area contributed by atoms with Gasteiger partial charge in [-0.25, -0.2) is 4.98 Å². The lowest BCUT2D eigenvalue weighted by atomic mass is 10.2. The summed E-state index contributed by atoms with van der Waals surface area (Å²) >= 11 is 0. The van der Waals surface area contributed by atoms with Crippen molar-refractivity contribution in [2.75, 3.05) is 5.73 Å².